The van der Waals surface area contributed by atoms with Gasteiger partial charge in [0.05, 0.1) is 18.0 Å². The van der Waals surface area contributed by atoms with E-state index in [2.05, 4.69) is 22.8 Å². The second kappa shape index (κ2) is 6.50. The summed E-state index contributed by atoms with van der Waals surface area (Å²) < 4.78 is 13.0. The minimum absolute atomic E-state index is 0.0327. The largest absolute Gasteiger partial charge is 0.351 e. The number of rotatable bonds is 4. The third kappa shape index (κ3) is 3.13. The minimum atomic E-state index is -0.309. The predicted octanol–water partition coefficient (Wildman–Crippen LogP) is 2.93. The molecule has 1 aliphatic carbocycles. The number of hydrogen-bond acceptors (Lipinski definition) is 2. The molecule has 0 heterocycles. The summed E-state index contributed by atoms with van der Waals surface area (Å²) in [6.45, 7) is 1.85. The van der Waals surface area contributed by atoms with Crippen LogP contribution in [0.5, 0.6) is 0 Å². The third-order valence-electron chi connectivity index (χ3n) is 4.63. The average molecular weight is 312 g/mol. The van der Waals surface area contributed by atoms with Crippen molar-refractivity contribution < 1.29 is 9.18 Å². The van der Waals surface area contributed by atoms with Crippen LogP contribution in [0.3, 0.4) is 0 Å². The number of carbonyl (C=O) groups is 1. The normalized spacial score (nSPS) is 20.8. The van der Waals surface area contributed by atoms with Crippen molar-refractivity contribution in [3.05, 3.63) is 71.0 Å². The van der Waals surface area contributed by atoms with Crippen LogP contribution in [0.15, 0.2) is 48.5 Å². The molecule has 0 saturated heterocycles. The van der Waals surface area contributed by atoms with Gasteiger partial charge >= 0.3 is 0 Å². The maximum Gasteiger partial charge on any atom is 0.227 e. The number of likely N-dealkylation sites (N-methyl/N-ethyl adjacent to an activating group) is 1. The van der Waals surface area contributed by atoms with Gasteiger partial charge in [-0.2, -0.15) is 0 Å². The fourth-order valence-corrected chi connectivity index (χ4v) is 3.30. The van der Waals surface area contributed by atoms with Crippen LogP contribution < -0.4 is 10.6 Å². The van der Waals surface area contributed by atoms with E-state index in [-0.39, 0.29) is 29.7 Å². The summed E-state index contributed by atoms with van der Waals surface area (Å²) in [6, 6.07) is 14.5. The lowest BCUT2D eigenvalue weighted by Gasteiger charge is -2.23. The average Bonchev–Trinajstić information content (AvgIpc) is 2.91. The van der Waals surface area contributed by atoms with E-state index < -0.39 is 0 Å². The van der Waals surface area contributed by atoms with Gasteiger partial charge in [0, 0.05) is 0 Å². The second-order valence-electron chi connectivity index (χ2n) is 6.06. The lowest BCUT2D eigenvalue weighted by molar-refractivity contribution is -0.123. The maximum atomic E-state index is 13.0. The molecular formula is C19H21FN2O. The summed E-state index contributed by atoms with van der Waals surface area (Å²) in [6.07, 6.45) is 0.823. The van der Waals surface area contributed by atoms with Crippen molar-refractivity contribution in [1.29, 1.82) is 0 Å². The molecule has 0 bridgehead atoms. The van der Waals surface area contributed by atoms with Crippen LogP contribution in [0.4, 0.5) is 4.39 Å². The van der Waals surface area contributed by atoms with Crippen molar-refractivity contribution in [3.63, 3.8) is 0 Å². The molecule has 2 N–H and O–H groups in total. The van der Waals surface area contributed by atoms with Crippen LogP contribution in [0.2, 0.25) is 0 Å². The highest BCUT2D eigenvalue weighted by atomic mass is 19.1. The molecule has 0 unspecified atom stereocenters. The van der Waals surface area contributed by atoms with E-state index in [4.69, 9.17) is 0 Å². The van der Waals surface area contributed by atoms with E-state index in [1.54, 1.807) is 12.1 Å². The maximum absolute atomic E-state index is 13.0. The molecule has 1 aliphatic rings. The van der Waals surface area contributed by atoms with E-state index in [9.17, 15) is 9.18 Å². The highest BCUT2D eigenvalue weighted by Crippen LogP contribution is 2.31. The van der Waals surface area contributed by atoms with Crippen LogP contribution in [-0.4, -0.2) is 19.0 Å². The van der Waals surface area contributed by atoms with E-state index >= 15 is 0 Å². The summed E-state index contributed by atoms with van der Waals surface area (Å²) in [5.74, 6) is -0.630. The highest BCUT2D eigenvalue weighted by molar-refractivity contribution is 5.83. The fourth-order valence-electron chi connectivity index (χ4n) is 3.30. The van der Waals surface area contributed by atoms with Gasteiger partial charge in [-0.25, -0.2) is 4.39 Å². The SMILES string of the molecule is CN[C@H]1c2ccccc2C[C@@H]1NC(=O)[C@H](C)c1ccc(F)cc1. The molecule has 3 rings (SSSR count). The van der Waals surface area contributed by atoms with Crippen LogP contribution >= 0.6 is 0 Å². The Balaban J connectivity index is 1.72. The van der Waals surface area contributed by atoms with Gasteiger partial charge in [-0.05, 0) is 49.2 Å². The first-order valence-corrected chi connectivity index (χ1v) is 7.91. The van der Waals surface area contributed by atoms with Gasteiger partial charge in [0.2, 0.25) is 5.91 Å². The summed E-state index contributed by atoms with van der Waals surface area (Å²) in [5, 5.41) is 6.44. The van der Waals surface area contributed by atoms with Crippen molar-refractivity contribution in [3.8, 4) is 0 Å². The zero-order chi connectivity index (χ0) is 16.4. The molecule has 0 aromatic heterocycles. The molecule has 0 radical (unpaired) electrons. The third-order valence-corrected chi connectivity index (χ3v) is 4.63. The zero-order valence-electron chi connectivity index (χ0n) is 13.3. The summed E-state index contributed by atoms with van der Waals surface area (Å²) in [4.78, 5) is 12.6. The molecule has 1 amide bonds. The summed E-state index contributed by atoms with van der Waals surface area (Å²) in [7, 11) is 1.91. The number of hydrogen-bond donors (Lipinski definition) is 2. The topological polar surface area (TPSA) is 41.1 Å². The van der Waals surface area contributed by atoms with Crippen LogP contribution in [-0.2, 0) is 11.2 Å². The van der Waals surface area contributed by atoms with Crippen molar-refractivity contribution >= 4 is 5.91 Å². The number of benzene rings is 2. The van der Waals surface area contributed by atoms with Crippen molar-refractivity contribution in [2.24, 2.45) is 0 Å². The van der Waals surface area contributed by atoms with Gasteiger partial charge < -0.3 is 10.6 Å². The number of nitrogens with one attached hydrogen (secondary N) is 2. The van der Waals surface area contributed by atoms with Gasteiger partial charge in [-0.3, -0.25) is 4.79 Å². The first-order valence-electron chi connectivity index (χ1n) is 7.91. The van der Waals surface area contributed by atoms with Crippen LogP contribution in [0, 0.1) is 5.82 Å². The van der Waals surface area contributed by atoms with Gasteiger partial charge in [0.25, 0.3) is 0 Å². The Hall–Kier alpha value is -2.20. The molecule has 3 nitrogen and oxygen atoms in total. The highest BCUT2D eigenvalue weighted by Gasteiger charge is 2.33. The Morgan fingerprint density at radius 1 is 1.17 bits per heavy atom. The van der Waals surface area contributed by atoms with Crippen molar-refractivity contribution in [2.45, 2.75) is 31.3 Å². The van der Waals surface area contributed by atoms with Gasteiger partial charge in [0.15, 0.2) is 0 Å². The fraction of sp³-hybridized carbons (Fsp3) is 0.316. The van der Waals surface area contributed by atoms with Gasteiger partial charge in [-0.15, -0.1) is 0 Å². The predicted molar refractivity (Wildman–Crippen MR) is 88.7 cm³/mol. The first kappa shape index (κ1) is 15.7. The van der Waals surface area contributed by atoms with Crippen LogP contribution in [0.25, 0.3) is 0 Å². The summed E-state index contributed by atoms with van der Waals surface area (Å²) in [5.41, 5.74) is 3.33. The van der Waals surface area contributed by atoms with Crippen molar-refractivity contribution in [2.75, 3.05) is 7.05 Å². The number of halogens is 1. The van der Waals surface area contributed by atoms with Gasteiger partial charge in [0.1, 0.15) is 5.82 Å². The lowest BCUT2D eigenvalue weighted by Crippen LogP contribution is -2.43. The molecule has 3 atom stereocenters. The number of carbonyl (C=O) groups excluding carboxylic acids is 1. The second-order valence-corrected chi connectivity index (χ2v) is 6.06. The Bertz CT molecular complexity index is 699. The quantitative estimate of drug-likeness (QED) is 0.911. The summed E-state index contributed by atoms with van der Waals surface area (Å²) >= 11 is 0. The smallest absolute Gasteiger partial charge is 0.227 e. The standard InChI is InChI=1S/C19H21FN2O/c1-12(13-7-9-15(20)10-8-13)19(23)22-17-11-14-5-3-4-6-16(14)18(17)21-2/h3-10,12,17-18,21H,11H2,1-2H3,(H,22,23)/t12-,17+,18+/m1/s1. The van der Waals surface area contributed by atoms with Crippen molar-refractivity contribution in [1.82, 2.24) is 10.6 Å². The molecule has 0 spiro atoms. The molecule has 0 aliphatic heterocycles. The molecule has 120 valence electrons. The Labute approximate surface area is 135 Å². The van der Waals surface area contributed by atoms with Gasteiger partial charge in [-0.1, -0.05) is 36.4 Å². The molecular weight excluding hydrogens is 291 g/mol. The molecule has 2 aromatic rings. The Morgan fingerprint density at radius 3 is 2.57 bits per heavy atom. The van der Waals surface area contributed by atoms with E-state index in [1.165, 1.54) is 23.3 Å². The zero-order valence-corrected chi connectivity index (χ0v) is 13.3. The first-order chi connectivity index (χ1) is 11.1. The minimum Gasteiger partial charge on any atom is -0.351 e. The molecule has 0 fully saturated rings. The van der Waals surface area contributed by atoms with E-state index in [0.717, 1.165) is 12.0 Å². The number of amides is 1. The monoisotopic (exact) mass is 312 g/mol. The number of fused-ring (bicyclic) bond motifs is 1. The van der Waals surface area contributed by atoms with E-state index in [0.29, 0.717) is 0 Å². The molecule has 23 heavy (non-hydrogen) atoms. The Morgan fingerprint density at radius 2 is 1.87 bits per heavy atom. The molecule has 4 heteroatoms. The van der Waals surface area contributed by atoms with Crippen LogP contribution in [0.1, 0.15) is 35.6 Å². The molecule has 2 aromatic carbocycles. The Kier molecular flexibility index (Phi) is 4.44. The molecule has 0 saturated carbocycles. The lowest BCUT2D eigenvalue weighted by atomic mass is 9.99. The van der Waals surface area contributed by atoms with E-state index in [1.807, 2.05) is 26.1 Å².